The number of aromatic carboxylic acids is 1. The minimum absolute atomic E-state index is 0.176. The van der Waals surface area contributed by atoms with E-state index in [0.717, 1.165) is 5.56 Å². The van der Waals surface area contributed by atoms with Crippen LogP contribution in [0.15, 0.2) is 29.2 Å². The van der Waals surface area contributed by atoms with Gasteiger partial charge in [0, 0.05) is 38.0 Å². The van der Waals surface area contributed by atoms with Crippen molar-refractivity contribution in [2.75, 3.05) is 31.9 Å². The largest absolute Gasteiger partial charge is 0.492 e. The summed E-state index contributed by atoms with van der Waals surface area (Å²) in [5, 5.41) is 21.5. The summed E-state index contributed by atoms with van der Waals surface area (Å²) in [6.45, 7) is 4.87. The minimum Gasteiger partial charge on any atom is -0.492 e. The monoisotopic (exact) mass is 436 g/mol. The molecule has 1 aromatic carbocycles. The van der Waals surface area contributed by atoms with E-state index in [-0.39, 0.29) is 12.2 Å². The van der Waals surface area contributed by atoms with E-state index in [1.807, 2.05) is 24.9 Å². The third kappa shape index (κ3) is 4.16. The van der Waals surface area contributed by atoms with Crippen LogP contribution in [0.1, 0.15) is 36.2 Å². The fourth-order valence-electron chi connectivity index (χ4n) is 3.37. The van der Waals surface area contributed by atoms with Gasteiger partial charge in [0.2, 0.25) is 0 Å². The third-order valence-corrected chi connectivity index (χ3v) is 5.41. The van der Waals surface area contributed by atoms with Crippen molar-refractivity contribution in [2.45, 2.75) is 32.4 Å². The van der Waals surface area contributed by atoms with Gasteiger partial charge in [-0.25, -0.2) is 4.79 Å². The lowest BCUT2D eigenvalue weighted by Crippen LogP contribution is -2.55. The number of fused-ring (bicyclic) bond motifs is 3. The van der Waals surface area contributed by atoms with Crippen molar-refractivity contribution in [1.29, 1.82) is 0 Å². The topological polar surface area (TPSA) is 101 Å². The smallest absolute Gasteiger partial charge is 0.341 e. The van der Waals surface area contributed by atoms with Crippen LogP contribution in [0.3, 0.4) is 0 Å². The van der Waals surface area contributed by atoms with Gasteiger partial charge in [-0.15, -0.1) is 0 Å². The van der Waals surface area contributed by atoms with Gasteiger partial charge in [0.05, 0.1) is 36.0 Å². The summed E-state index contributed by atoms with van der Waals surface area (Å²) in [6, 6.07) is 4.83. The average Bonchev–Trinajstić information content (AvgIpc) is 2.70. The van der Waals surface area contributed by atoms with Crippen molar-refractivity contribution in [3.63, 3.8) is 0 Å². The van der Waals surface area contributed by atoms with Crippen molar-refractivity contribution in [3.8, 4) is 17.0 Å². The third-order valence-electron chi connectivity index (χ3n) is 5.11. The molecule has 1 aliphatic heterocycles. The Balaban J connectivity index is 2.12. The molecule has 2 aromatic rings. The number of carbonyl (C=O) groups is 1. The summed E-state index contributed by atoms with van der Waals surface area (Å²) in [7, 11) is 1.62. The highest BCUT2D eigenvalue weighted by molar-refractivity contribution is 6.32. The molecule has 1 aromatic heterocycles. The number of hydrogen-bond donors (Lipinski definition) is 2. The van der Waals surface area contributed by atoms with Gasteiger partial charge in [0.25, 0.3) is 0 Å². The number of carboxylic acid groups (broad SMARTS) is 1. The number of halogens is 1. The number of benzene rings is 1. The Morgan fingerprint density at radius 3 is 2.63 bits per heavy atom. The maximum absolute atomic E-state index is 12.4. The summed E-state index contributed by atoms with van der Waals surface area (Å²) in [5.74, 6) is -0.785. The molecule has 0 fully saturated rings. The number of pyridine rings is 1. The summed E-state index contributed by atoms with van der Waals surface area (Å²) >= 11 is 6.42. The SMILES string of the molecule is COCCCOc1cc2c(cc1Cl)-c1cc(=O)c(C(=O)O)cn1N(C(C)(C)CO)C2. The zero-order valence-electron chi connectivity index (χ0n) is 17.1. The molecule has 0 atom stereocenters. The summed E-state index contributed by atoms with van der Waals surface area (Å²) < 4.78 is 12.4. The molecule has 0 amide bonds. The van der Waals surface area contributed by atoms with Gasteiger partial charge in [-0.1, -0.05) is 11.6 Å². The van der Waals surface area contributed by atoms with E-state index in [2.05, 4.69) is 0 Å². The summed E-state index contributed by atoms with van der Waals surface area (Å²) in [6.07, 6.45) is 2.01. The minimum atomic E-state index is -1.30. The number of aromatic nitrogens is 1. The van der Waals surface area contributed by atoms with Crippen LogP contribution < -0.4 is 15.2 Å². The van der Waals surface area contributed by atoms with Crippen LogP contribution in [-0.4, -0.2) is 53.3 Å². The molecule has 2 N–H and O–H groups in total. The Kier molecular flexibility index (Phi) is 6.40. The zero-order valence-corrected chi connectivity index (χ0v) is 17.9. The number of ether oxygens (including phenoxy) is 2. The number of aliphatic hydroxyl groups is 1. The highest BCUT2D eigenvalue weighted by atomic mass is 35.5. The second kappa shape index (κ2) is 8.67. The van der Waals surface area contributed by atoms with Gasteiger partial charge >= 0.3 is 5.97 Å². The van der Waals surface area contributed by atoms with Gasteiger partial charge < -0.3 is 24.7 Å². The van der Waals surface area contributed by atoms with Gasteiger partial charge in [-0.2, -0.15) is 0 Å². The number of nitrogens with zero attached hydrogens (tertiary/aromatic N) is 2. The van der Waals surface area contributed by atoms with Crippen LogP contribution >= 0.6 is 11.6 Å². The second-order valence-electron chi connectivity index (χ2n) is 7.75. The van der Waals surface area contributed by atoms with Crippen molar-refractivity contribution < 1.29 is 24.5 Å². The quantitative estimate of drug-likeness (QED) is 0.613. The molecule has 0 radical (unpaired) electrons. The molecule has 3 rings (SSSR count). The first-order valence-corrected chi connectivity index (χ1v) is 9.90. The average molecular weight is 437 g/mol. The molecule has 0 saturated heterocycles. The molecule has 0 bridgehead atoms. The maximum atomic E-state index is 12.4. The molecular formula is C21H25ClN2O6. The zero-order chi connectivity index (χ0) is 22.1. The normalized spacial score (nSPS) is 13.0. The van der Waals surface area contributed by atoms with Gasteiger partial charge in [0.1, 0.15) is 11.3 Å². The predicted molar refractivity (Wildman–Crippen MR) is 113 cm³/mol. The Labute approximate surface area is 179 Å². The highest BCUT2D eigenvalue weighted by Crippen LogP contribution is 2.38. The highest BCUT2D eigenvalue weighted by Gasteiger charge is 2.33. The Morgan fingerprint density at radius 1 is 1.27 bits per heavy atom. The molecule has 0 spiro atoms. The van der Waals surface area contributed by atoms with Crippen molar-refractivity contribution in [1.82, 2.24) is 4.68 Å². The molecule has 0 unspecified atom stereocenters. The van der Waals surface area contributed by atoms with E-state index in [0.29, 0.717) is 48.2 Å². The molecule has 1 aliphatic rings. The van der Waals surface area contributed by atoms with Crippen molar-refractivity contribution in [2.24, 2.45) is 0 Å². The van der Waals surface area contributed by atoms with Crippen LogP contribution in [0.5, 0.6) is 5.75 Å². The van der Waals surface area contributed by atoms with Crippen LogP contribution in [0.4, 0.5) is 0 Å². The first-order valence-electron chi connectivity index (χ1n) is 9.53. The maximum Gasteiger partial charge on any atom is 0.341 e. The van der Waals surface area contributed by atoms with E-state index in [9.17, 15) is 19.8 Å². The first-order chi connectivity index (χ1) is 14.2. The summed E-state index contributed by atoms with van der Waals surface area (Å²) in [4.78, 5) is 23.9. The molecule has 30 heavy (non-hydrogen) atoms. The fourth-order valence-corrected chi connectivity index (χ4v) is 3.59. The number of aliphatic hydroxyl groups excluding tert-OH is 1. The lowest BCUT2D eigenvalue weighted by molar-refractivity contribution is 0.0694. The molecule has 162 valence electrons. The molecule has 8 nitrogen and oxygen atoms in total. The van der Waals surface area contributed by atoms with Crippen molar-refractivity contribution >= 4 is 17.6 Å². The molecule has 0 aliphatic carbocycles. The lowest BCUT2D eigenvalue weighted by Gasteiger charge is -2.44. The van der Waals surface area contributed by atoms with Crippen LogP contribution in [-0.2, 0) is 11.3 Å². The lowest BCUT2D eigenvalue weighted by atomic mass is 9.97. The standard InChI is InChI=1S/C21H25ClN2O6/c1-21(2,12-25)24-10-13-7-19(30-6-4-5-29-3)16(22)8-14(13)17-9-18(26)15(20(27)28)11-23(17)24/h7-9,11,25H,4-6,10,12H2,1-3H3,(H,27,28). The van der Waals surface area contributed by atoms with Gasteiger partial charge in [-0.3, -0.25) is 9.47 Å². The fraction of sp³-hybridized carbons (Fsp3) is 0.429. The van der Waals surface area contributed by atoms with E-state index < -0.39 is 16.9 Å². The molecule has 2 heterocycles. The van der Waals surface area contributed by atoms with Crippen LogP contribution in [0.25, 0.3) is 11.3 Å². The summed E-state index contributed by atoms with van der Waals surface area (Å²) in [5.41, 5.74) is 0.398. The molecular weight excluding hydrogens is 412 g/mol. The number of rotatable bonds is 8. The van der Waals surface area contributed by atoms with Crippen LogP contribution in [0.2, 0.25) is 5.02 Å². The first kappa shape index (κ1) is 22.1. The van der Waals surface area contributed by atoms with E-state index >= 15 is 0 Å². The molecule has 0 saturated carbocycles. The van der Waals surface area contributed by atoms with Gasteiger partial charge in [0.15, 0.2) is 5.43 Å². The Hall–Kier alpha value is -2.55. The van der Waals surface area contributed by atoms with Gasteiger partial charge in [-0.05, 0) is 31.5 Å². The number of methoxy groups -OCH3 is 1. The predicted octanol–water partition coefficient (Wildman–Crippen LogP) is 2.50. The van der Waals surface area contributed by atoms with Crippen LogP contribution in [0, 0.1) is 0 Å². The Bertz CT molecular complexity index is 1020. The molecule has 9 heteroatoms. The Morgan fingerprint density at radius 2 is 2.00 bits per heavy atom. The number of hydrogen-bond acceptors (Lipinski definition) is 6. The van der Waals surface area contributed by atoms with E-state index in [4.69, 9.17) is 21.1 Å². The second-order valence-corrected chi connectivity index (χ2v) is 8.16. The van der Waals surface area contributed by atoms with E-state index in [1.165, 1.54) is 12.3 Å². The number of carboxylic acids is 1. The van der Waals surface area contributed by atoms with E-state index in [1.54, 1.807) is 17.9 Å². The van der Waals surface area contributed by atoms with Crippen molar-refractivity contribution in [3.05, 3.63) is 50.8 Å².